The zero-order valence-electron chi connectivity index (χ0n) is 14.2. The number of carbonyl (C=O) groups excluding carboxylic acids is 2. The van der Waals surface area contributed by atoms with Gasteiger partial charge in [-0.05, 0) is 26.0 Å². The molecule has 1 aromatic carbocycles. The Morgan fingerprint density at radius 2 is 2.00 bits per heavy atom. The molecule has 0 aliphatic carbocycles. The lowest BCUT2D eigenvalue weighted by molar-refractivity contribution is -0.126. The number of benzene rings is 1. The van der Waals surface area contributed by atoms with Crippen LogP contribution in [0.25, 0.3) is 5.69 Å². The minimum atomic E-state index is -0.0974. The lowest BCUT2D eigenvalue weighted by atomic mass is 10.1. The Hall–Kier alpha value is -2.63. The molecule has 0 radical (unpaired) electrons. The van der Waals surface area contributed by atoms with Crippen LogP contribution in [0.4, 0.5) is 0 Å². The summed E-state index contributed by atoms with van der Waals surface area (Å²) in [5, 5.41) is 7.52. The van der Waals surface area contributed by atoms with E-state index >= 15 is 0 Å². The lowest BCUT2D eigenvalue weighted by Crippen LogP contribution is -2.37. The van der Waals surface area contributed by atoms with E-state index in [1.54, 1.807) is 11.9 Å². The fourth-order valence-corrected chi connectivity index (χ4v) is 3.15. The summed E-state index contributed by atoms with van der Waals surface area (Å²) in [5.41, 5.74) is 3.74. The van der Waals surface area contributed by atoms with Gasteiger partial charge in [0.1, 0.15) is 0 Å². The minimum Gasteiger partial charge on any atom is -0.351 e. The van der Waals surface area contributed by atoms with Crippen LogP contribution in [0.2, 0.25) is 0 Å². The highest BCUT2D eigenvalue weighted by atomic mass is 16.2. The normalized spacial score (nSPS) is 17.4. The molecule has 3 rings (SSSR count). The van der Waals surface area contributed by atoms with Gasteiger partial charge in [-0.1, -0.05) is 18.2 Å². The second-order valence-electron chi connectivity index (χ2n) is 6.32. The number of nitrogens with one attached hydrogen (secondary N) is 1. The summed E-state index contributed by atoms with van der Waals surface area (Å²) in [6.07, 6.45) is 0.655. The smallest absolute Gasteiger partial charge is 0.224 e. The quantitative estimate of drug-likeness (QED) is 0.923. The highest BCUT2D eigenvalue weighted by molar-refractivity contribution is 5.83. The van der Waals surface area contributed by atoms with E-state index in [2.05, 4.69) is 10.4 Å². The summed E-state index contributed by atoms with van der Waals surface area (Å²) in [4.78, 5) is 25.6. The van der Waals surface area contributed by atoms with Crippen molar-refractivity contribution in [2.24, 2.45) is 0 Å². The molecular formula is C18H22N4O2. The number of rotatable bonds is 4. The summed E-state index contributed by atoms with van der Waals surface area (Å²) in [6.45, 7) is 4.47. The van der Waals surface area contributed by atoms with Crippen LogP contribution >= 0.6 is 0 Å². The molecule has 6 heteroatoms. The first-order valence-corrected chi connectivity index (χ1v) is 8.09. The number of carbonyl (C=O) groups is 2. The van der Waals surface area contributed by atoms with Gasteiger partial charge in [0, 0.05) is 31.3 Å². The fraction of sp³-hybridized carbons (Fsp3) is 0.389. The third-order valence-corrected chi connectivity index (χ3v) is 4.49. The van der Waals surface area contributed by atoms with E-state index in [0.29, 0.717) is 13.0 Å². The maximum Gasteiger partial charge on any atom is 0.224 e. The Balaban J connectivity index is 1.73. The second kappa shape index (κ2) is 6.47. The summed E-state index contributed by atoms with van der Waals surface area (Å²) in [6, 6.07) is 9.77. The van der Waals surface area contributed by atoms with Crippen molar-refractivity contribution in [3.8, 4) is 5.69 Å². The van der Waals surface area contributed by atoms with Crippen molar-refractivity contribution < 1.29 is 9.59 Å². The van der Waals surface area contributed by atoms with E-state index in [-0.39, 0.29) is 24.3 Å². The molecule has 24 heavy (non-hydrogen) atoms. The number of hydrogen-bond acceptors (Lipinski definition) is 3. The van der Waals surface area contributed by atoms with Gasteiger partial charge in [-0.15, -0.1) is 0 Å². The molecule has 1 aromatic heterocycles. The molecule has 1 unspecified atom stereocenters. The van der Waals surface area contributed by atoms with Crippen molar-refractivity contribution in [1.82, 2.24) is 20.0 Å². The van der Waals surface area contributed by atoms with Gasteiger partial charge in [0.15, 0.2) is 0 Å². The van der Waals surface area contributed by atoms with Gasteiger partial charge in [-0.3, -0.25) is 9.59 Å². The zero-order chi connectivity index (χ0) is 17.3. The van der Waals surface area contributed by atoms with E-state index in [4.69, 9.17) is 0 Å². The van der Waals surface area contributed by atoms with Crippen molar-refractivity contribution in [3.05, 3.63) is 47.3 Å². The molecule has 0 spiro atoms. The second-order valence-corrected chi connectivity index (χ2v) is 6.32. The first-order valence-electron chi connectivity index (χ1n) is 8.09. The van der Waals surface area contributed by atoms with Gasteiger partial charge in [0.25, 0.3) is 0 Å². The van der Waals surface area contributed by atoms with Crippen molar-refractivity contribution in [3.63, 3.8) is 0 Å². The topological polar surface area (TPSA) is 67.2 Å². The van der Waals surface area contributed by atoms with Gasteiger partial charge in [-0.25, -0.2) is 4.68 Å². The van der Waals surface area contributed by atoms with Crippen LogP contribution in [-0.2, 0) is 16.0 Å². The van der Waals surface area contributed by atoms with Crippen molar-refractivity contribution >= 4 is 11.8 Å². The number of aromatic nitrogens is 2. The van der Waals surface area contributed by atoms with Gasteiger partial charge in [-0.2, -0.15) is 5.10 Å². The number of amides is 2. The Bertz CT molecular complexity index is 767. The largest absolute Gasteiger partial charge is 0.351 e. The van der Waals surface area contributed by atoms with Gasteiger partial charge >= 0.3 is 0 Å². The Kier molecular flexibility index (Phi) is 4.38. The molecule has 1 saturated heterocycles. The summed E-state index contributed by atoms with van der Waals surface area (Å²) in [5.74, 6) is 0.00599. The Morgan fingerprint density at radius 1 is 1.29 bits per heavy atom. The van der Waals surface area contributed by atoms with Crippen LogP contribution in [0.3, 0.4) is 0 Å². The molecule has 0 saturated carbocycles. The van der Waals surface area contributed by atoms with Crippen LogP contribution in [-0.4, -0.2) is 46.1 Å². The Labute approximate surface area is 141 Å². The van der Waals surface area contributed by atoms with Crippen LogP contribution in [0.1, 0.15) is 23.4 Å². The molecule has 0 bridgehead atoms. The van der Waals surface area contributed by atoms with Crippen LogP contribution in [0.15, 0.2) is 30.3 Å². The molecule has 1 atom stereocenters. The van der Waals surface area contributed by atoms with Crippen molar-refractivity contribution in [2.45, 2.75) is 32.7 Å². The van der Waals surface area contributed by atoms with E-state index in [0.717, 1.165) is 22.6 Å². The van der Waals surface area contributed by atoms with Gasteiger partial charge in [0.2, 0.25) is 11.8 Å². The van der Waals surface area contributed by atoms with E-state index in [1.807, 2.05) is 48.9 Å². The zero-order valence-corrected chi connectivity index (χ0v) is 14.2. The average molecular weight is 326 g/mol. The van der Waals surface area contributed by atoms with Crippen LogP contribution < -0.4 is 5.32 Å². The highest BCUT2D eigenvalue weighted by Crippen LogP contribution is 2.18. The molecule has 1 aliphatic heterocycles. The molecule has 126 valence electrons. The minimum absolute atomic E-state index is 0.0677. The average Bonchev–Trinajstić information content (AvgIpc) is 3.01. The monoisotopic (exact) mass is 326 g/mol. The number of nitrogens with zero attached hydrogens (tertiary/aromatic N) is 3. The van der Waals surface area contributed by atoms with Gasteiger partial charge in [0.05, 0.1) is 23.8 Å². The third kappa shape index (κ3) is 3.18. The SMILES string of the molecule is Cc1nn(-c2ccccc2)c(C)c1CC(=O)NC1CC(=O)N(C)C1. The number of hydrogen-bond donors (Lipinski definition) is 1. The standard InChI is InChI=1S/C18H22N4O2/c1-12-16(10-17(23)19-14-9-18(24)21(3)11-14)13(2)22(20-12)15-7-5-4-6-8-15/h4-8,14H,9-11H2,1-3H3,(H,19,23). The van der Waals surface area contributed by atoms with Gasteiger partial charge < -0.3 is 10.2 Å². The van der Waals surface area contributed by atoms with Crippen LogP contribution in [0, 0.1) is 13.8 Å². The number of likely N-dealkylation sites (N-methyl/N-ethyl adjacent to an activating group) is 1. The van der Waals surface area contributed by atoms with E-state index < -0.39 is 0 Å². The molecule has 2 amide bonds. The summed E-state index contributed by atoms with van der Waals surface area (Å²) < 4.78 is 1.87. The Morgan fingerprint density at radius 3 is 2.62 bits per heavy atom. The highest BCUT2D eigenvalue weighted by Gasteiger charge is 2.28. The van der Waals surface area contributed by atoms with Crippen LogP contribution in [0.5, 0.6) is 0 Å². The number of para-hydroxylation sites is 1. The molecule has 2 heterocycles. The maximum atomic E-state index is 12.4. The molecule has 2 aromatic rings. The number of likely N-dealkylation sites (tertiary alicyclic amines) is 1. The maximum absolute atomic E-state index is 12.4. The fourth-order valence-electron chi connectivity index (χ4n) is 3.15. The molecular weight excluding hydrogens is 304 g/mol. The molecule has 1 fully saturated rings. The number of aryl methyl sites for hydroxylation is 1. The molecule has 1 N–H and O–H groups in total. The van der Waals surface area contributed by atoms with E-state index in [1.165, 1.54) is 0 Å². The molecule has 6 nitrogen and oxygen atoms in total. The summed E-state index contributed by atoms with van der Waals surface area (Å²) >= 11 is 0. The first-order chi connectivity index (χ1) is 11.5. The first kappa shape index (κ1) is 16.2. The lowest BCUT2D eigenvalue weighted by Gasteiger charge is -2.12. The summed E-state index contributed by atoms with van der Waals surface area (Å²) in [7, 11) is 1.76. The predicted molar refractivity (Wildman–Crippen MR) is 90.9 cm³/mol. The molecule has 1 aliphatic rings. The van der Waals surface area contributed by atoms with Crippen molar-refractivity contribution in [1.29, 1.82) is 0 Å². The van der Waals surface area contributed by atoms with Crippen molar-refractivity contribution in [2.75, 3.05) is 13.6 Å². The van der Waals surface area contributed by atoms with E-state index in [9.17, 15) is 9.59 Å². The third-order valence-electron chi connectivity index (χ3n) is 4.49. The predicted octanol–water partition coefficient (Wildman–Crippen LogP) is 1.38.